The highest BCUT2D eigenvalue weighted by molar-refractivity contribution is 5.85. The smallest absolute Gasteiger partial charge is 0.234 e. The van der Waals surface area contributed by atoms with E-state index < -0.39 is 0 Å². The first-order chi connectivity index (χ1) is 6.15. The molecular weight excluding hydrogens is 204 g/mol. The van der Waals surface area contributed by atoms with Crippen LogP contribution in [-0.2, 0) is 11.3 Å². The first-order valence-corrected chi connectivity index (χ1v) is 4.12. The lowest BCUT2D eigenvalue weighted by molar-refractivity contribution is -0.119. The molecule has 14 heavy (non-hydrogen) atoms. The Hall–Kier alpha value is -1.07. The Morgan fingerprint density at radius 2 is 2.21 bits per heavy atom. The number of amides is 1. The second-order valence-corrected chi connectivity index (χ2v) is 2.89. The van der Waals surface area contributed by atoms with E-state index >= 15 is 0 Å². The fourth-order valence-corrected chi connectivity index (χ4v) is 1.09. The summed E-state index contributed by atoms with van der Waals surface area (Å²) in [7, 11) is 0. The molecule has 0 bridgehead atoms. The van der Waals surface area contributed by atoms with Crippen LogP contribution in [0.4, 0.5) is 0 Å². The third kappa shape index (κ3) is 3.01. The maximum atomic E-state index is 10.9. The molecule has 0 saturated carbocycles. The zero-order valence-electron chi connectivity index (χ0n) is 8.26. The van der Waals surface area contributed by atoms with Gasteiger partial charge in [0.15, 0.2) is 0 Å². The van der Waals surface area contributed by atoms with E-state index in [1.165, 1.54) is 0 Å². The molecule has 1 heterocycles. The zero-order valence-corrected chi connectivity index (χ0v) is 9.07. The number of nitrogens with one attached hydrogen (secondary N) is 2. The number of hydrogen-bond donors (Lipinski definition) is 3. The number of aryl methyl sites for hydroxylation is 2. The molecule has 4 N–H and O–H groups in total. The predicted octanol–water partition coefficient (Wildman–Crippen LogP) is 0.0232. The molecule has 80 valence electrons. The molecule has 0 saturated heterocycles. The monoisotopic (exact) mass is 218 g/mol. The van der Waals surface area contributed by atoms with Crippen LogP contribution in [0.25, 0.3) is 0 Å². The molecule has 0 aromatic carbocycles. The molecule has 1 rings (SSSR count). The van der Waals surface area contributed by atoms with Crippen molar-refractivity contribution in [2.45, 2.75) is 20.4 Å². The van der Waals surface area contributed by atoms with Gasteiger partial charge in [-0.2, -0.15) is 5.10 Å². The van der Waals surface area contributed by atoms with E-state index in [2.05, 4.69) is 15.5 Å². The molecular formula is C8H15ClN4O. The van der Waals surface area contributed by atoms with Crippen molar-refractivity contribution in [3.05, 3.63) is 17.0 Å². The highest BCUT2D eigenvalue weighted by Crippen LogP contribution is 2.07. The first-order valence-electron chi connectivity index (χ1n) is 4.12. The third-order valence-corrected chi connectivity index (χ3v) is 1.93. The molecule has 0 radical (unpaired) electrons. The highest BCUT2D eigenvalue weighted by Gasteiger charge is 2.06. The maximum absolute atomic E-state index is 10.9. The summed E-state index contributed by atoms with van der Waals surface area (Å²) in [6.45, 7) is 4.33. The molecule has 1 amide bonds. The van der Waals surface area contributed by atoms with Crippen LogP contribution in [0.1, 0.15) is 17.0 Å². The molecule has 0 atom stereocenters. The standard InChI is InChI=1S/C8H14N4O.ClH/c1-5-7(6(2)12-11-5)4-10-8(13)3-9;/h3-4,9H2,1-2H3,(H,10,13)(H,11,12);1H. The van der Waals surface area contributed by atoms with Gasteiger partial charge in [0.2, 0.25) is 5.91 Å². The Bertz CT molecular complexity index is 291. The number of carbonyl (C=O) groups is 1. The normalized spacial score (nSPS) is 9.36. The lowest BCUT2D eigenvalue weighted by Gasteiger charge is -2.02. The molecule has 0 unspecified atom stereocenters. The van der Waals surface area contributed by atoms with E-state index in [4.69, 9.17) is 5.73 Å². The van der Waals surface area contributed by atoms with Crippen molar-refractivity contribution in [1.82, 2.24) is 15.5 Å². The summed E-state index contributed by atoms with van der Waals surface area (Å²) < 4.78 is 0. The van der Waals surface area contributed by atoms with Gasteiger partial charge in [0, 0.05) is 17.8 Å². The van der Waals surface area contributed by atoms with Crippen molar-refractivity contribution >= 4 is 18.3 Å². The molecule has 0 fully saturated rings. The topological polar surface area (TPSA) is 83.8 Å². The molecule has 0 aliphatic heterocycles. The number of nitrogens with two attached hydrogens (primary N) is 1. The zero-order chi connectivity index (χ0) is 9.84. The third-order valence-electron chi connectivity index (χ3n) is 1.93. The number of aromatic amines is 1. The Kier molecular flexibility index (Phi) is 5.19. The number of aromatic nitrogens is 2. The number of H-pyrrole nitrogens is 1. The van der Waals surface area contributed by atoms with Crippen molar-refractivity contribution in [2.75, 3.05) is 6.54 Å². The Balaban J connectivity index is 0.00000169. The van der Waals surface area contributed by atoms with Crippen LogP contribution < -0.4 is 11.1 Å². The van der Waals surface area contributed by atoms with Gasteiger partial charge >= 0.3 is 0 Å². The summed E-state index contributed by atoms with van der Waals surface area (Å²) in [5, 5.41) is 9.55. The molecule has 1 aromatic heterocycles. The summed E-state index contributed by atoms with van der Waals surface area (Å²) in [5.41, 5.74) is 8.07. The Labute approximate surface area is 88.9 Å². The van der Waals surface area contributed by atoms with Crippen LogP contribution in [0.2, 0.25) is 0 Å². The van der Waals surface area contributed by atoms with Crippen molar-refractivity contribution in [1.29, 1.82) is 0 Å². The molecule has 0 aliphatic carbocycles. The molecule has 5 nitrogen and oxygen atoms in total. The van der Waals surface area contributed by atoms with E-state index in [-0.39, 0.29) is 24.9 Å². The van der Waals surface area contributed by atoms with Crippen LogP contribution in [0, 0.1) is 13.8 Å². The fourth-order valence-electron chi connectivity index (χ4n) is 1.09. The quantitative estimate of drug-likeness (QED) is 0.669. The summed E-state index contributed by atoms with van der Waals surface area (Å²) in [6.07, 6.45) is 0. The van der Waals surface area contributed by atoms with Gasteiger partial charge in [-0.25, -0.2) is 0 Å². The van der Waals surface area contributed by atoms with Crippen molar-refractivity contribution in [3.8, 4) is 0 Å². The van der Waals surface area contributed by atoms with Gasteiger partial charge in [-0.1, -0.05) is 0 Å². The van der Waals surface area contributed by atoms with Crippen molar-refractivity contribution in [3.63, 3.8) is 0 Å². The van der Waals surface area contributed by atoms with Gasteiger partial charge in [0.25, 0.3) is 0 Å². The van der Waals surface area contributed by atoms with E-state index in [1.807, 2.05) is 13.8 Å². The minimum Gasteiger partial charge on any atom is -0.351 e. The van der Waals surface area contributed by atoms with Crippen LogP contribution in [0.5, 0.6) is 0 Å². The molecule has 0 aliphatic rings. The summed E-state index contributed by atoms with van der Waals surface area (Å²) in [6, 6.07) is 0. The van der Waals surface area contributed by atoms with Crippen LogP contribution in [0.15, 0.2) is 0 Å². The summed E-state index contributed by atoms with van der Waals surface area (Å²) >= 11 is 0. The second kappa shape index (κ2) is 5.62. The SMILES string of the molecule is Cc1n[nH]c(C)c1CNC(=O)CN.Cl. The van der Waals surface area contributed by atoms with Crippen LogP contribution in [0.3, 0.4) is 0 Å². The lowest BCUT2D eigenvalue weighted by atomic mass is 10.2. The molecule has 1 aromatic rings. The van der Waals surface area contributed by atoms with E-state index in [1.54, 1.807) is 0 Å². The lowest BCUT2D eigenvalue weighted by Crippen LogP contribution is -2.29. The van der Waals surface area contributed by atoms with Crippen molar-refractivity contribution < 1.29 is 4.79 Å². The van der Waals surface area contributed by atoms with Crippen molar-refractivity contribution in [2.24, 2.45) is 5.73 Å². The fraction of sp³-hybridized carbons (Fsp3) is 0.500. The Morgan fingerprint density at radius 1 is 1.57 bits per heavy atom. The van der Waals surface area contributed by atoms with Gasteiger partial charge in [-0.3, -0.25) is 9.89 Å². The number of nitrogens with zero attached hydrogens (tertiary/aromatic N) is 1. The maximum Gasteiger partial charge on any atom is 0.234 e. The largest absolute Gasteiger partial charge is 0.351 e. The predicted molar refractivity (Wildman–Crippen MR) is 56.2 cm³/mol. The Morgan fingerprint density at radius 3 is 2.64 bits per heavy atom. The summed E-state index contributed by atoms with van der Waals surface area (Å²) in [4.78, 5) is 10.9. The van der Waals surface area contributed by atoms with Gasteiger partial charge in [-0.05, 0) is 13.8 Å². The van der Waals surface area contributed by atoms with Gasteiger partial charge in [0.05, 0.1) is 12.2 Å². The van der Waals surface area contributed by atoms with Crippen LogP contribution >= 0.6 is 12.4 Å². The molecule has 0 spiro atoms. The number of rotatable bonds is 3. The number of hydrogen-bond acceptors (Lipinski definition) is 3. The summed E-state index contributed by atoms with van der Waals surface area (Å²) in [5.74, 6) is -0.153. The van der Waals surface area contributed by atoms with Gasteiger partial charge < -0.3 is 11.1 Å². The minimum absolute atomic E-state index is 0. The highest BCUT2D eigenvalue weighted by atomic mass is 35.5. The second-order valence-electron chi connectivity index (χ2n) is 2.89. The van der Waals surface area contributed by atoms with E-state index in [0.717, 1.165) is 17.0 Å². The average Bonchev–Trinajstić information content (AvgIpc) is 2.43. The van der Waals surface area contributed by atoms with E-state index in [0.29, 0.717) is 6.54 Å². The van der Waals surface area contributed by atoms with E-state index in [9.17, 15) is 4.79 Å². The molecule has 6 heteroatoms. The number of carbonyl (C=O) groups excluding carboxylic acids is 1. The van der Waals surface area contributed by atoms with Gasteiger partial charge in [-0.15, -0.1) is 12.4 Å². The first kappa shape index (κ1) is 12.9. The number of halogens is 1. The van der Waals surface area contributed by atoms with Gasteiger partial charge in [0.1, 0.15) is 0 Å². The average molecular weight is 219 g/mol. The minimum atomic E-state index is -0.153. The van der Waals surface area contributed by atoms with Crippen LogP contribution in [-0.4, -0.2) is 22.6 Å².